The number of nitro groups is 2. The molecular formula is C17H12FN5O5. The molecule has 1 amide bonds. The van der Waals surface area contributed by atoms with Crippen LogP contribution >= 0.6 is 0 Å². The van der Waals surface area contributed by atoms with Crippen molar-refractivity contribution < 1.29 is 19.0 Å². The molecule has 0 aliphatic heterocycles. The Morgan fingerprint density at radius 2 is 1.82 bits per heavy atom. The molecule has 28 heavy (non-hydrogen) atoms. The highest BCUT2D eigenvalue weighted by atomic mass is 19.1. The summed E-state index contributed by atoms with van der Waals surface area (Å²) in [6.07, 6.45) is 0. The summed E-state index contributed by atoms with van der Waals surface area (Å²) < 4.78 is 13.4. The van der Waals surface area contributed by atoms with Gasteiger partial charge in [-0.3, -0.25) is 40.9 Å². The minimum atomic E-state index is -0.812. The number of non-ortho nitro benzene ring substituents is 1. The largest absolute Gasteiger partial charge is 0.300 e. The van der Waals surface area contributed by atoms with Gasteiger partial charge in [0.2, 0.25) is 0 Å². The number of hydrogen-bond acceptors (Lipinski definition) is 7. The van der Waals surface area contributed by atoms with Gasteiger partial charge in [-0.25, -0.2) is 4.39 Å². The third kappa shape index (κ3) is 3.67. The predicted octanol–water partition coefficient (Wildman–Crippen LogP) is 3.26. The van der Waals surface area contributed by atoms with Crippen LogP contribution in [0.3, 0.4) is 0 Å². The van der Waals surface area contributed by atoms with Crippen molar-refractivity contribution in [2.24, 2.45) is 0 Å². The molecular weight excluding hydrogens is 373 g/mol. The maximum absolute atomic E-state index is 13.4. The number of anilines is 1. The molecule has 0 saturated heterocycles. The van der Waals surface area contributed by atoms with Crippen LogP contribution in [0.1, 0.15) is 16.1 Å². The molecule has 1 aromatic heterocycles. The molecule has 0 saturated carbocycles. The Morgan fingerprint density at radius 1 is 1.07 bits per heavy atom. The van der Waals surface area contributed by atoms with Crippen molar-refractivity contribution in [3.8, 4) is 0 Å². The smallest absolute Gasteiger partial charge is 0.292 e. The lowest BCUT2D eigenvalue weighted by Gasteiger charge is -2.11. The van der Waals surface area contributed by atoms with Gasteiger partial charge >= 0.3 is 5.69 Å². The van der Waals surface area contributed by atoms with E-state index in [0.29, 0.717) is 16.6 Å². The first kappa shape index (κ1) is 18.6. The minimum absolute atomic E-state index is 0.134. The summed E-state index contributed by atoms with van der Waals surface area (Å²) in [5, 5.41) is 22.3. The number of aryl methyl sites for hydroxylation is 1. The van der Waals surface area contributed by atoms with Crippen LogP contribution in [0, 0.1) is 33.0 Å². The van der Waals surface area contributed by atoms with Crippen LogP contribution in [0.4, 0.5) is 21.5 Å². The minimum Gasteiger partial charge on any atom is -0.292 e. The number of pyridine rings is 1. The van der Waals surface area contributed by atoms with E-state index in [2.05, 4.69) is 15.8 Å². The number of aromatic nitrogens is 1. The highest BCUT2D eigenvalue weighted by molar-refractivity contribution is 5.99. The van der Waals surface area contributed by atoms with E-state index in [0.717, 1.165) is 18.2 Å². The fraction of sp³-hybridized carbons (Fsp3) is 0.0588. The molecule has 3 aromatic rings. The zero-order valence-electron chi connectivity index (χ0n) is 14.3. The number of carbonyl (C=O) groups excluding carboxylic acids is 1. The van der Waals surface area contributed by atoms with E-state index in [1.807, 2.05) is 0 Å². The van der Waals surface area contributed by atoms with Gasteiger partial charge in [0.25, 0.3) is 11.6 Å². The maximum atomic E-state index is 13.4. The molecule has 0 unspecified atom stereocenters. The average molecular weight is 385 g/mol. The summed E-state index contributed by atoms with van der Waals surface area (Å²) >= 11 is 0. The summed E-state index contributed by atoms with van der Waals surface area (Å²) in [6.45, 7) is 1.59. The van der Waals surface area contributed by atoms with Gasteiger partial charge in [0.1, 0.15) is 11.5 Å². The normalized spacial score (nSPS) is 10.5. The molecule has 0 aliphatic carbocycles. The zero-order chi connectivity index (χ0) is 20.4. The molecule has 0 spiro atoms. The molecule has 0 atom stereocenters. The van der Waals surface area contributed by atoms with Gasteiger partial charge in [0, 0.05) is 11.5 Å². The number of halogens is 1. The average Bonchev–Trinajstić information content (AvgIpc) is 2.65. The van der Waals surface area contributed by atoms with Gasteiger partial charge < -0.3 is 0 Å². The summed E-state index contributed by atoms with van der Waals surface area (Å²) in [7, 11) is 0. The van der Waals surface area contributed by atoms with Crippen LogP contribution in [-0.2, 0) is 0 Å². The number of rotatable bonds is 5. The number of fused-ring (bicyclic) bond motifs is 1. The van der Waals surface area contributed by atoms with Crippen LogP contribution in [0.2, 0.25) is 0 Å². The second-order valence-corrected chi connectivity index (χ2v) is 5.75. The Morgan fingerprint density at radius 3 is 2.50 bits per heavy atom. The van der Waals surface area contributed by atoms with Crippen molar-refractivity contribution in [1.82, 2.24) is 10.4 Å². The maximum Gasteiger partial charge on any atom is 0.300 e. The van der Waals surface area contributed by atoms with Crippen molar-refractivity contribution in [3.63, 3.8) is 0 Å². The number of carbonyl (C=O) groups is 1. The topological polar surface area (TPSA) is 140 Å². The highest BCUT2D eigenvalue weighted by Gasteiger charge is 2.20. The van der Waals surface area contributed by atoms with E-state index >= 15 is 0 Å². The summed E-state index contributed by atoms with van der Waals surface area (Å²) in [4.78, 5) is 37.0. The molecule has 0 bridgehead atoms. The molecule has 142 valence electrons. The van der Waals surface area contributed by atoms with E-state index in [4.69, 9.17) is 0 Å². The number of nitrogens with zero attached hydrogens (tertiary/aromatic N) is 3. The summed E-state index contributed by atoms with van der Waals surface area (Å²) in [5.41, 5.74) is 4.50. The first-order valence-electron chi connectivity index (χ1n) is 7.82. The third-order valence-electron chi connectivity index (χ3n) is 3.91. The first-order valence-corrected chi connectivity index (χ1v) is 7.82. The van der Waals surface area contributed by atoms with Crippen molar-refractivity contribution >= 4 is 33.9 Å². The van der Waals surface area contributed by atoms with Crippen molar-refractivity contribution in [2.45, 2.75) is 6.92 Å². The van der Waals surface area contributed by atoms with Crippen molar-refractivity contribution in [3.05, 3.63) is 79.8 Å². The lowest BCUT2D eigenvalue weighted by atomic mass is 10.1. The molecule has 0 radical (unpaired) electrons. The Kier molecular flexibility index (Phi) is 4.81. The third-order valence-corrected chi connectivity index (χ3v) is 3.91. The van der Waals surface area contributed by atoms with Gasteiger partial charge in [-0.05, 0) is 37.3 Å². The lowest BCUT2D eigenvalue weighted by Crippen LogP contribution is -2.30. The molecule has 11 heteroatoms. The number of hydrogen-bond donors (Lipinski definition) is 2. The van der Waals surface area contributed by atoms with E-state index in [-0.39, 0.29) is 11.3 Å². The fourth-order valence-electron chi connectivity index (χ4n) is 2.56. The first-order chi connectivity index (χ1) is 13.3. The van der Waals surface area contributed by atoms with Crippen LogP contribution < -0.4 is 10.9 Å². The monoisotopic (exact) mass is 385 g/mol. The fourth-order valence-corrected chi connectivity index (χ4v) is 2.56. The lowest BCUT2D eigenvalue weighted by molar-refractivity contribution is -0.393. The van der Waals surface area contributed by atoms with Crippen LogP contribution in [-0.4, -0.2) is 20.7 Å². The molecule has 1 heterocycles. The second-order valence-electron chi connectivity index (χ2n) is 5.75. The predicted molar refractivity (Wildman–Crippen MR) is 97.3 cm³/mol. The van der Waals surface area contributed by atoms with Crippen molar-refractivity contribution in [2.75, 3.05) is 5.43 Å². The SMILES string of the molecule is Cc1nc2ccc(F)cc2cc1C(=O)NNc1ccc([N+](=O)[O-])cc1[N+](=O)[O-]. The quantitative estimate of drug-likeness (QED) is 0.507. The number of hydrazine groups is 1. The Balaban J connectivity index is 1.86. The molecule has 2 N–H and O–H groups in total. The van der Waals surface area contributed by atoms with Crippen molar-refractivity contribution in [1.29, 1.82) is 0 Å². The van der Waals surface area contributed by atoms with Crippen LogP contribution in [0.25, 0.3) is 10.9 Å². The van der Waals surface area contributed by atoms with E-state index in [1.54, 1.807) is 6.92 Å². The number of benzene rings is 2. The molecule has 3 rings (SSSR count). The van der Waals surface area contributed by atoms with Gasteiger partial charge in [-0.1, -0.05) is 0 Å². The standard InChI is InChI=1S/C17H12FN5O5/c1-9-13(7-10-6-11(18)2-4-14(10)19-9)17(24)21-20-15-5-3-12(22(25)26)8-16(15)23(27)28/h2-8,20H,1H3,(H,21,24). The number of nitro benzene ring substituents is 2. The molecule has 2 aromatic carbocycles. The Bertz CT molecular complexity index is 1130. The Labute approximate surface area is 156 Å². The summed E-state index contributed by atoms with van der Waals surface area (Å²) in [5.74, 6) is -1.15. The summed E-state index contributed by atoms with van der Waals surface area (Å²) in [6, 6.07) is 8.36. The van der Waals surface area contributed by atoms with Gasteiger partial charge in [-0.2, -0.15) is 0 Å². The van der Waals surface area contributed by atoms with E-state index in [1.165, 1.54) is 24.3 Å². The van der Waals surface area contributed by atoms with E-state index < -0.39 is 32.9 Å². The van der Waals surface area contributed by atoms with Gasteiger partial charge in [0.15, 0.2) is 0 Å². The zero-order valence-corrected chi connectivity index (χ0v) is 14.3. The Hall–Kier alpha value is -4.15. The highest BCUT2D eigenvalue weighted by Crippen LogP contribution is 2.28. The van der Waals surface area contributed by atoms with Crippen LogP contribution in [0.15, 0.2) is 42.5 Å². The van der Waals surface area contributed by atoms with Gasteiger partial charge in [0.05, 0.1) is 32.7 Å². The second kappa shape index (κ2) is 7.23. The molecule has 0 aliphatic rings. The van der Waals surface area contributed by atoms with E-state index in [9.17, 15) is 29.4 Å². The number of nitrogens with one attached hydrogen (secondary N) is 2. The molecule has 10 nitrogen and oxygen atoms in total. The molecule has 0 fully saturated rings. The van der Waals surface area contributed by atoms with Gasteiger partial charge in [-0.15, -0.1) is 0 Å². The number of amides is 1. The van der Waals surface area contributed by atoms with Crippen LogP contribution in [0.5, 0.6) is 0 Å².